The number of aldehydes is 1. The monoisotopic (exact) mass is 534 g/mol. The summed E-state index contributed by atoms with van der Waals surface area (Å²) in [6.07, 6.45) is 4.81. The van der Waals surface area contributed by atoms with Crippen molar-refractivity contribution >= 4 is 22.9 Å². The predicted octanol–water partition coefficient (Wildman–Crippen LogP) is 9.18. The smallest absolute Gasteiger partial charge is 0.192 e. The Bertz CT molecular complexity index is 882. The van der Waals surface area contributed by atoms with Crippen molar-refractivity contribution in [1.82, 2.24) is 0 Å². The molecule has 36 heavy (non-hydrogen) atoms. The number of allylic oxidation sites excluding steroid dienone is 3. The molecular weight excluding hydrogens is 477 g/mol. The Morgan fingerprint density at radius 3 is 1.86 bits per heavy atom. The summed E-state index contributed by atoms with van der Waals surface area (Å²) in [4.78, 5) is 13.0. The molecule has 3 nitrogen and oxygen atoms in total. The molecule has 0 amide bonds. The Balaban J connectivity index is 2.72. The molecule has 0 aromatic rings. The summed E-state index contributed by atoms with van der Waals surface area (Å²) in [5.74, 6) is 0.543. The van der Waals surface area contributed by atoms with Gasteiger partial charge >= 0.3 is 0 Å². The second kappa shape index (κ2) is 10.2. The maximum Gasteiger partial charge on any atom is 0.192 e. The Morgan fingerprint density at radius 1 is 0.972 bits per heavy atom. The molecular formula is C31H58O3Si2. The summed E-state index contributed by atoms with van der Waals surface area (Å²) >= 11 is 0. The quantitative estimate of drug-likeness (QED) is 0.193. The van der Waals surface area contributed by atoms with E-state index in [4.69, 9.17) is 8.85 Å². The summed E-state index contributed by atoms with van der Waals surface area (Å²) in [5, 5.41) is 0.258. The molecule has 1 fully saturated rings. The molecule has 0 heterocycles. The van der Waals surface area contributed by atoms with Crippen LogP contribution in [0.5, 0.6) is 0 Å². The van der Waals surface area contributed by atoms with Crippen LogP contribution in [-0.2, 0) is 13.6 Å². The lowest BCUT2D eigenvalue weighted by Gasteiger charge is -2.60. The molecule has 7 atom stereocenters. The zero-order valence-corrected chi connectivity index (χ0v) is 28.6. The van der Waals surface area contributed by atoms with E-state index in [1.807, 2.05) is 0 Å². The van der Waals surface area contributed by atoms with E-state index < -0.39 is 16.6 Å². The van der Waals surface area contributed by atoms with Crippen LogP contribution in [-0.4, -0.2) is 35.1 Å². The highest BCUT2D eigenvalue weighted by Crippen LogP contribution is 2.59. The third-order valence-electron chi connectivity index (χ3n) is 10.7. The van der Waals surface area contributed by atoms with Gasteiger partial charge in [0.05, 0.1) is 12.2 Å². The van der Waals surface area contributed by atoms with E-state index in [1.54, 1.807) is 0 Å². The van der Waals surface area contributed by atoms with Crippen LogP contribution in [0.15, 0.2) is 22.8 Å². The van der Waals surface area contributed by atoms with Gasteiger partial charge in [-0.05, 0) is 82.2 Å². The highest BCUT2D eigenvalue weighted by atomic mass is 28.4. The Labute approximate surface area is 226 Å². The second-order valence-corrected chi connectivity index (χ2v) is 25.0. The van der Waals surface area contributed by atoms with Crippen molar-refractivity contribution in [2.24, 2.45) is 29.1 Å². The largest absolute Gasteiger partial charge is 0.414 e. The van der Waals surface area contributed by atoms with E-state index in [-0.39, 0.29) is 51.4 Å². The topological polar surface area (TPSA) is 35.5 Å². The summed E-state index contributed by atoms with van der Waals surface area (Å²) in [6, 6.07) is 0. The summed E-state index contributed by atoms with van der Waals surface area (Å²) < 4.78 is 14.4. The lowest BCUT2D eigenvalue weighted by atomic mass is 9.50. The van der Waals surface area contributed by atoms with E-state index in [0.717, 1.165) is 6.42 Å². The van der Waals surface area contributed by atoms with Crippen molar-refractivity contribution in [2.45, 2.75) is 138 Å². The lowest BCUT2D eigenvalue weighted by Crippen LogP contribution is -2.62. The van der Waals surface area contributed by atoms with Crippen molar-refractivity contribution in [3.8, 4) is 0 Å². The van der Waals surface area contributed by atoms with Gasteiger partial charge in [0.25, 0.3) is 0 Å². The van der Waals surface area contributed by atoms with E-state index in [1.165, 1.54) is 23.0 Å². The number of carbonyl (C=O) groups is 1. The molecule has 0 aromatic carbocycles. The van der Waals surface area contributed by atoms with Gasteiger partial charge in [0, 0.05) is 17.3 Å². The summed E-state index contributed by atoms with van der Waals surface area (Å²) in [5.41, 5.74) is 3.78. The minimum atomic E-state index is -2.04. The SMILES string of the molecule is CC1=C[C@]2(C)[C@@H]([C@@H](C)[C@H](O[Si](C)(C)C(C)(C)C)C[C@H]2O[Si](C)(C)C(C)(C)C)[C@H](C=O)[C@H]1C(C)=C(C)C. The molecule has 0 spiro atoms. The van der Waals surface area contributed by atoms with Crippen molar-refractivity contribution in [3.05, 3.63) is 22.8 Å². The van der Waals surface area contributed by atoms with E-state index in [9.17, 15) is 4.79 Å². The molecule has 208 valence electrons. The maximum absolute atomic E-state index is 13.0. The predicted molar refractivity (Wildman–Crippen MR) is 160 cm³/mol. The van der Waals surface area contributed by atoms with Crippen LogP contribution in [0, 0.1) is 29.1 Å². The normalized spacial score (nSPS) is 34.1. The number of carbonyl (C=O) groups excluding carboxylic acids is 1. The molecule has 2 aliphatic rings. The van der Waals surface area contributed by atoms with Gasteiger partial charge in [-0.15, -0.1) is 0 Å². The Kier molecular flexibility index (Phi) is 9.02. The second-order valence-electron chi connectivity index (χ2n) is 15.5. The van der Waals surface area contributed by atoms with Gasteiger partial charge in [-0.3, -0.25) is 0 Å². The molecule has 0 aromatic heterocycles. The third kappa shape index (κ3) is 5.74. The fourth-order valence-corrected chi connectivity index (χ4v) is 9.10. The van der Waals surface area contributed by atoms with Gasteiger partial charge < -0.3 is 13.6 Å². The summed E-state index contributed by atoms with van der Waals surface area (Å²) in [7, 11) is -4.04. The number of rotatable bonds is 6. The first-order valence-electron chi connectivity index (χ1n) is 14.2. The van der Waals surface area contributed by atoms with Crippen molar-refractivity contribution in [1.29, 1.82) is 0 Å². The standard InChI is InChI=1S/C31H58O3Si2/c1-20(2)22(4)27-21(3)18-31(12)26(34-36(15,16)30(9,10)11)17-25(23(5)28(31)24(27)19-32)33-35(13,14)29(6,7)8/h18-19,23-28H,17H2,1-16H3/t23-,24+,25+,26+,27+,28-,31-/m0/s1. The van der Waals surface area contributed by atoms with Gasteiger partial charge in [-0.2, -0.15) is 0 Å². The first-order valence-corrected chi connectivity index (χ1v) is 20.0. The highest BCUT2D eigenvalue weighted by molar-refractivity contribution is 6.74. The minimum absolute atomic E-state index is 0.0414. The first kappa shape index (κ1) is 31.7. The van der Waals surface area contributed by atoms with Crippen molar-refractivity contribution < 1.29 is 13.6 Å². The molecule has 1 saturated carbocycles. The first-order chi connectivity index (χ1) is 16.0. The highest BCUT2D eigenvalue weighted by Gasteiger charge is 2.59. The Morgan fingerprint density at radius 2 is 1.44 bits per heavy atom. The molecule has 2 rings (SSSR count). The fraction of sp³-hybridized carbons (Fsp3) is 0.839. The van der Waals surface area contributed by atoms with Crippen LogP contribution < -0.4 is 0 Å². The van der Waals surface area contributed by atoms with Crippen LogP contribution in [0.1, 0.15) is 89.5 Å². The van der Waals surface area contributed by atoms with Crippen molar-refractivity contribution in [3.63, 3.8) is 0 Å². The number of hydrogen-bond donors (Lipinski definition) is 0. The van der Waals surface area contributed by atoms with Gasteiger partial charge in [-0.1, -0.05) is 78.2 Å². The molecule has 0 N–H and O–H groups in total. The van der Waals surface area contributed by atoms with Crippen molar-refractivity contribution in [2.75, 3.05) is 0 Å². The van der Waals surface area contributed by atoms with E-state index in [0.29, 0.717) is 0 Å². The maximum atomic E-state index is 13.0. The van der Waals surface area contributed by atoms with Gasteiger partial charge in [-0.25, -0.2) is 0 Å². The van der Waals surface area contributed by atoms with Crippen LogP contribution in [0.25, 0.3) is 0 Å². The molecule has 0 aliphatic heterocycles. The molecule has 2 aliphatic carbocycles. The molecule has 0 radical (unpaired) electrons. The average molecular weight is 535 g/mol. The third-order valence-corrected chi connectivity index (χ3v) is 19.7. The Hall–Kier alpha value is -0.496. The number of fused-ring (bicyclic) bond motifs is 1. The van der Waals surface area contributed by atoms with Crippen LogP contribution in [0.3, 0.4) is 0 Å². The molecule has 0 saturated heterocycles. The molecule has 5 heteroatoms. The zero-order valence-electron chi connectivity index (χ0n) is 26.6. The van der Waals surface area contributed by atoms with Gasteiger partial charge in [0.2, 0.25) is 0 Å². The van der Waals surface area contributed by atoms with Crippen LogP contribution >= 0.6 is 0 Å². The van der Waals surface area contributed by atoms with Crippen LogP contribution in [0.4, 0.5) is 0 Å². The minimum Gasteiger partial charge on any atom is -0.414 e. The molecule has 0 unspecified atom stereocenters. The van der Waals surface area contributed by atoms with Gasteiger partial charge in [0.15, 0.2) is 16.6 Å². The van der Waals surface area contributed by atoms with E-state index >= 15 is 0 Å². The number of hydrogen-bond acceptors (Lipinski definition) is 3. The molecule has 0 bridgehead atoms. The average Bonchev–Trinajstić information content (AvgIpc) is 2.68. The van der Waals surface area contributed by atoms with Gasteiger partial charge in [0.1, 0.15) is 6.29 Å². The van der Waals surface area contributed by atoms with E-state index in [2.05, 4.69) is 115 Å². The summed E-state index contributed by atoms with van der Waals surface area (Å²) in [6.45, 7) is 36.9. The fourth-order valence-electron chi connectivity index (χ4n) is 6.26. The lowest BCUT2D eigenvalue weighted by molar-refractivity contribution is -0.133. The van der Waals surface area contributed by atoms with Crippen LogP contribution in [0.2, 0.25) is 36.3 Å². The zero-order chi connectivity index (χ0) is 28.2.